The highest BCUT2D eigenvalue weighted by Crippen LogP contribution is 2.39. The van der Waals surface area contributed by atoms with Crippen molar-refractivity contribution < 1.29 is 24.2 Å². The Labute approximate surface area is 144 Å². The Balaban J connectivity index is 2.00. The average Bonchev–Trinajstić information content (AvgIpc) is 2.63. The second-order valence-electron chi connectivity index (χ2n) is 5.64. The predicted molar refractivity (Wildman–Crippen MR) is 91.4 cm³/mol. The van der Waals surface area contributed by atoms with Crippen molar-refractivity contribution in [3.63, 3.8) is 0 Å². The van der Waals surface area contributed by atoms with E-state index >= 15 is 0 Å². The van der Waals surface area contributed by atoms with E-state index in [2.05, 4.69) is 5.32 Å². The van der Waals surface area contributed by atoms with Crippen LogP contribution < -0.4 is 14.8 Å². The van der Waals surface area contributed by atoms with Gasteiger partial charge in [-0.15, -0.1) is 0 Å². The van der Waals surface area contributed by atoms with E-state index in [9.17, 15) is 9.59 Å². The third-order valence-electron chi connectivity index (χ3n) is 4.23. The highest BCUT2D eigenvalue weighted by molar-refractivity contribution is 6.02. The van der Waals surface area contributed by atoms with Crippen LogP contribution >= 0.6 is 0 Å². The fraction of sp³-hybridized carbons (Fsp3) is 0.222. The van der Waals surface area contributed by atoms with Crippen molar-refractivity contribution in [2.24, 2.45) is 0 Å². The fourth-order valence-electron chi connectivity index (χ4n) is 2.84. The summed E-state index contributed by atoms with van der Waals surface area (Å²) >= 11 is 0. The number of aromatic carboxylic acids is 1. The number of carboxylic acids is 1. The van der Waals surface area contributed by atoms with E-state index in [1.54, 1.807) is 36.2 Å². The molecule has 0 bridgehead atoms. The van der Waals surface area contributed by atoms with E-state index in [4.69, 9.17) is 14.6 Å². The lowest BCUT2D eigenvalue weighted by Crippen LogP contribution is -2.40. The van der Waals surface area contributed by atoms with Crippen LogP contribution in [0.25, 0.3) is 0 Å². The van der Waals surface area contributed by atoms with Gasteiger partial charge in [0, 0.05) is 13.1 Å². The van der Waals surface area contributed by atoms with Gasteiger partial charge in [-0.25, -0.2) is 4.79 Å². The van der Waals surface area contributed by atoms with Gasteiger partial charge in [-0.05, 0) is 23.8 Å². The molecule has 0 aliphatic carbocycles. The number of nitrogens with one attached hydrogen (secondary N) is 1. The van der Waals surface area contributed by atoms with Gasteiger partial charge in [0.1, 0.15) is 6.17 Å². The number of carbonyl (C=O) groups excluding carboxylic acids is 1. The van der Waals surface area contributed by atoms with E-state index in [-0.39, 0.29) is 11.5 Å². The third-order valence-corrected chi connectivity index (χ3v) is 4.23. The van der Waals surface area contributed by atoms with Gasteiger partial charge in [-0.1, -0.05) is 12.1 Å². The number of methoxy groups -OCH3 is 2. The number of carbonyl (C=O) groups is 2. The highest BCUT2D eigenvalue weighted by Gasteiger charge is 2.31. The van der Waals surface area contributed by atoms with Crippen LogP contribution in [-0.2, 0) is 0 Å². The number of anilines is 1. The SMILES string of the molecule is COc1cc2c(cc1OC)C(=O)N(C)[C@@H](c1ccc(C(=O)O)cc1)N2. The Bertz CT molecular complexity index is 832. The van der Waals surface area contributed by atoms with E-state index in [1.165, 1.54) is 26.4 Å². The maximum absolute atomic E-state index is 12.7. The summed E-state index contributed by atoms with van der Waals surface area (Å²) in [5, 5.41) is 12.3. The largest absolute Gasteiger partial charge is 0.493 e. The Morgan fingerprint density at radius 2 is 1.72 bits per heavy atom. The van der Waals surface area contributed by atoms with Crippen LogP contribution in [-0.4, -0.2) is 43.2 Å². The van der Waals surface area contributed by atoms with Gasteiger partial charge in [0.15, 0.2) is 11.5 Å². The lowest BCUT2D eigenvalue weighted by Gasteiger charge is -2.36. The number of hydrogen-bond acceptors (Lipinski definition) is 5. The van der Waals surface area contributed by atoms with Crippen LogP contribution in [0.3, 0.4) is 0 Å². The van der Waals surface area contributed by atoms with Crippen molar-refractivity contribution in [3.05, 3.63) is 53.1 Å². The lowest BCUT2D eigenvalue weighted by atomic mass is 10.0. The number of carboxylic acid groups (broad SMARTS) is 1. The lowest BCUT2D eigenvalue weighted by molar-refractivity contribution is 0.0693. The third kappa shape index (κ3) is 2.84. The summed E-state index contributed by atoms with van der Waals surface area (Å²) in [6, 6.07) is 9.78. The molecule has 0 spiro atoms. The maximum Gasteiger partial charge on any atom is 0.335 e. The molecule has 0 unspecified atom stereocenters. The summed E-state index contributed by atoms with van der Waals surface area (Å²) < 4.78 is 10.5. The van der Waals surface area contributed by atoms with Crippen LogP contribution in [0.5, 0.6) is 11.5 Å². The van der Waals surface area contributed by atoms with Gasteiger partial charge in [-0.3, -0.25) is 4.79 Å². The molecule has 0 aromatic heterocycles. The summed E-state index contributed by atoms with van der Waals surface area (Å²) in [6.07, 6.45) is -0.416. The minimum atomic E-state index is -0.991. The zero-order valence-corrected chi connectivity index (χ0v) is 14.1. The first-order valence-corrected chi connectivity index (χ1v) is 7.59. The van der Waals surface area contributed by atoms with Crippen LogP contribution in [0, 0.1) is 0 Å². The number of ether oxygens (including phenoxy) is 2. The summed E-state index contributed by atoms with van der Waals surface area (Å²) in [6.45, 7) is 0. The van der Waals surface area contributed by atoms with Gasteiger partial charge >= 0.3 is 5.97 Å². The summed E-state index contributed by atoms with van der Waals surface area (Å²) in [7, 11) is 4.73. The molecule has 0 radical (unpaired) electrons. The second-order valence-corrected chi connectivity index (χ2v) is 5.64. The first kappa shape index (κ1) is 16.6. The molecule has 1 heterocycles. The Morgan fingerprint density at radius 1 is 1.12 bits per heavy atom. The van der Waals surface area contributed by atoms with Crippen LogP contribution in [0.2, 0.25) is 0 Å². The quantitative estimate of drug-likeness (QED) is 0.888. The van der Waals surface area contributed by atoms with Crippen molar-refractivity contribution in [1.82, 2.24) is 4.90 Å². The van der Waals surface area contributed by atoms with E-state index in [1.807, 2.05) is 0 Å². The number of hydrogen-bond donors (Lipinski definition) is 2. The van der Waals surface area contributed by atoms with E-state index < -0.39 is 12.1 Å². The van der Waals surface area contributed by atoms with E-state index in [0.717, 1.165) is 5.56 Å². The van der Waals surface area contributed by atoms with Crippen molar-refractivity contribution in [2.45, 2.75) is 6.17 Å². The molecule has 2 N–H and O–H groups in total. The molecule has 1 atom stereocenters. The van der Waals surface area contributed by atoms with Crippen LogP contribution in [0.15, 0.2) is 36.4 Å². The second kappa shape index (κ2) is 6.35. The number of nitrogens with zero attached hydrogens (tertiary/aromatic N) is 1. The Hall–Kier alpha value is -3.22. The standard InChI is InChI=1S/C18H18N2O5/c1-20-16(10-4-6-11(7-5-10)18(22)23)19-13-9-15(25-3)14(24-2)8-12(13)17(20)21/h4-9,16,19H,1-3H3,(H,22,23)/t16-/m0/s1. The number of fused-ring (bicyclic) bond motifs is 1. The van der Waals surface area contributed by atoms with Crippen molar-refractivity contribution in [2.75, 3.05) is 26.6 Å². The van der Waals surface area contributed by atoms with Crippen LogP contribution in [0.4, 0.5) is 5.69 Å². The van der Waals surface area contributed by atoms with Crippen molar-refractivity contribution >= 4 is 17.6 Å². The molecule has 1 amide bonds. The molecule has 1 aliphatic rings. The first-order chi connectivity index (χ1) is 12.0. The maximum atomic E-state index is 12.7. The van der Waals surface area contributed by atoms with Crippen LogP contribution in [0.1, 0.15) is 32.4 Å². The van der Waals surface area contributed by atoms with Gasteiger partial charge in [0.25, 0.3) is 5.91 Å². The zero-order valence-electron chi connectivity index (χ0n) is 14.1. The number of amides is 1. The molecule has 7 nitrogen and oxygen atoms in total. The molecule has 2 aromatic rings. The monoisotopic (exact) mass is 342 g/mol. The summed E-state index contributed by atoms with van der Waals surface area (Å²) in [4.78, 5) is 25.3. The number of benzene rings is 2. The minimum absolute atomic E-state index is 0.165. The van der Waals surface area contributed by atoms with Gasteiger partial charge in [-0.2, -0.15) is 0 Å². The average molecular weight is 342 g/mol. The highest BCUT2D eigenvalue weighted by atomic mass is 16.5. The Kier molecular flexibility index (Phi) is 4.22. The van der Waals surface area contributed by atoms with Crippen molar-refractivity contribution in [3.8, 4) is 11.5 Å². The summed E-state index contributed by atoms with van der Waals surface area (Å²) in [5.41, 5.74) is 2.09. The molecule has 2 aromatic carbocycles. The molecule has 0 saturated heterocycles. The van der Waals surface area contributed by atoms with E-state index in [0.29, 0.717) is 22.7 Å². The van der Waals surface area contributed by atoms with Gasteiger partial charge in [0.05, 0.1) is 31.0 Å². The molecule has 130 valence electrons. The fourth-order valence-corrected chi connectivity index (χ4v) is 2.84. The molecule has 0 fully saturated rings. The molecule has 7 heteroatoms. The molecule has 25 heavy (non-hydrogen) atoms. The minimum Gasteiger partial charge on any atom is -0.493 e. The molecule has 0 saturated carbocycles. The topological polar surface area (TPSA) is 88.1 Å². The summed E-state index contributed by atoms with van der Waals surface area (Å²) in [5.74, 6) is -0.156. The smallest absolute Gasteiger partial charge is 0.335 e. The zero-order chi connectivity index (χ0) is 18.1. The number of rotatable bonds is 4. The predicted octanol–water partition coefficient (Wildman–Crippen LogP) is 2.60. The Morgan fingerprint density at radius 3 is 2.28 bits per heavy atom. The van der Waals surface area contributed by atoms with Gasteiger partial charge in [0.2, 0.25) is 0 Å². The normalized spacial score (nSPS) is 16.0. The molecular weight excluding hydrogens is 324 g/mol. The van der Waals surface area contributed by atoms with Crippen molar-refractivity contribution in [1.29, 1.82) is 0 Å². The molecule has 1 aliphatic heterocycles. The van der Waals surface area contributed by atoms with Gasteiger partial charge < -0.3 is 24.8 Å². The molecular formula is C18H18N2O5. The molecule has 3 rings (SSSR count). The first-order valence-electron chi connectivity index (χ1n) is 7.59.